The average molecular weight is 448 g/mol. The topological polar surface area (TPSA) is 67.9 Å². The van der Waals surface area contributed by atoms with Gasteiger partial charge in [0.05, 0.1) is 30.7 Å². The number of carbonyl (C=O) groups excluding carboxylic acids is 2. The third-order valence-electron chi connectivity index (χ3n) is 5.61. The molecular weight excluding hydrogens is 425 g/mol. The largest absolute Gasteiger partial charge is 0.490 e. The lowest BCUT2D eigenvalue weighted by molar-refractivity contribution is -0.137. The Morgan fingerprint density at radius 2 is 1.88 bits per heavy atom. The van der Waals surface area contributed by atoms with Gasteiger partial charge < -0.3 is 19.7 Å². The maximum absolute atomic E-state index is 13.0. The van der Waals surface area contributed by atoms with Crippen LogP contribution < -0.4 is 19.7 Å². The lowest BCUT2D eigenvalue weighted by atomic mass is 10.0. The minimum Gasteiger partial charge on any atom is -0.490 e. The molecule has 32 heavy (non-hydrogen) atoms. The Labute approximate surface area is 183 Å². The van der Waals surface area contributed by atoms with Crippen LogP contribution in [-0.4, -0.2) is 31.6 Å². The zero-order chi connectivity index (χ0) is 22.9. The van der Waals surface area contributed by atoms with Crippen molar-refractivity contribution in [1.29, 1.82) is 0 Å². The van der Waals surface area contributed by atoms with Gasteiger partial charge in [0.15, 0.2) is 11.5 Å². The summed E-state index contributed by atoms with van der Waals surface area (Å²) in [6.07, 6.45) is -3.78. The van der Waals surface area contributed by atoms with Crippen LogP contribution in [0.4, 0.5) is 18.9 Å². The highest BCUT2D eigenvalue weighted by molar-refractivity contribution is 6.00. The Bertz CT molecular complexity index is 1020. The van der Waals surface area contributed by atoms with E-state index >= 15 is 0 Å². The van der Waals surface area contributed by atoms with Crippen LogP contribution in [0.25, 0.3) is 0 Å². The van der Waals surface area contributed by atoms with E-state index in [1.165, 1.54) is 17.0 Å². The van der Waals surface area contributed by atoms with Crippen molar-refractivity contribution in [3.8, 4) is 11.5 Å². The molecule has 0 aliphatic carbocycles. The van der Waals surface area contributed by atoms with Crippen LogP contribution in [0.3, 0.4) is 0 Å². The van der Waals surface area contributed by atoms with Crippen LogP contribution in [-0.2, 0) is 15.8 Å². The van der Waals surface area contributed by atoms with Crippen molar-refractivity contribution in [2.75, 3.05) is 24.7 Å². The van der Waals surface area contributed by atoms with Crippen LogP contribution in [0.5, 0.6) is 11.5 Å². The maximum Gasteiger partial charge on any atom is 0.416 e. The highest BCUT2D eigenvalue weighted by atomic mass is 19.4. The van der Waals surface area contributed by atoms with Gasteiger partial charge in [0, 0.05) is 25.1 Å². The molecule has 170 valence electrons. The highest BCUT2D eigenvalue weighted by Gasteiger charge is 2.37. The lowest BCUT2D eigenvalue weighted by Crippen LogP contribution is -2.34. The number of carbonyl (C=O) groups is 2. The van der Waals surface area contributed by atoms with E-state index in [2.05, 4.69) is 5.32 Å². The molecule has 1 saturated heterocycles. The Morgan fingerprint density at radius 1 is 1.12 bits per heavy atom. The van der Waals surface area contributed by atoms with Gasteiger partial charge >= 0.3 is 6.18 Å². The molecule has 2 atom stereocenters. The summed E-state index contributed by atoms with van der Waals surface area (Å²) >= 11 is 0. The van der Waals surface area contributed by atoms with Crippen molar-refractivity contribution < 1.29 is 32.2 Å². The van der Waals surface area contributed by atoms with Gasteiger partial charge in [-0.05, 0) is 42.8 Å². The van der Waals surface area contributed by atoms with Gasteiger partial charge in [-0.2, -0.15) is 13.2 Å². The fourth-order valence-electron chi connectivity index (χ4n) is 3.85. The van der Waals surface area contributed by atoms with Crippen LogP contribution in [0.2, 0.25) is 0 Å². The number of alkyl halides is 3. The van der Waals surface area contributed by atoms with Crippen LogP contribution in [0.15, 0.2) is 42.5 Å². The Morgan fingerprint density at radius 3 is 2.62 bits per heavy atom. The number of hydrogen-bond acceptors (Lipinski definition) is 4. The molecule has 0 bridgehead atoms. The third kappa shape index (κ3) is 4.66. The molecule has 2 aromatic rings. The number of benzene rings is 2. The highest BCUT2D eigenvalue weighted by Crippen LogP contribution is 2.34. The number of halogens is 3. The summed E-state index contributed by atoms with van der Waals surface area (Å²) in [7, 11) is 0. The summed E-state index contributed by atoms with van der Waals surface area (Å²) in [6.45, 7) is 2.97. The number of ether oxygens (including phenoxy) is 2. The summed E-state index contributed by atoms with van der Waals surface area (Å²) in [5, 5.41) is 2.89. The molecule has 1 fully saturated rings. The standard InChI is InChI=1S/C23H23F3N2O4/c1-14(15-6-7-19-20(10-15)32-9-3-8-31-19)27-22(30)16-11-21(29)28(13-16)18-5-2-4-17(12-18)23(24,25)26/h2,4-7,10,12,14,16H,3,8-9,11,13H2,1H3,(H,27,30). The molecule has 2 unspecified atom stereocenters. The molecule has 0 radical (unpaired) electrons. The fourth-order valence-corrected chi connectivity index (χ4v) is 3.85. The number of nitrogens with one attached hydrogen (secondary N) is 1. The van der Waals surface area contributed by atoms with E-state index in [4.69, 9.17) is 9.47 Å². The van der Waals surface area contributed by atoms with Crippen molar-refractivity contribution in [1.82, 2.24) is 5.32 Å². The minimum absolute atomic E-state index is 0.0276. The smallest absolute Gasteiger partial charge is 0.416 e. The molecule has 0 saturated carbocycles. The third-order valence-corrected chi connectivity index (χ3v) is 5.61. The quantitative estimate of drug-likeness (QED) is 0.765. The van der Waals surface area contributed by atoms with Crippen LogP contribution in [0.1, 0.15) is 36.9 Å². The summed E-state index contributed by atoms with van der Waals surface area (Å²) in [5.41, 5.74) is 0.122. The summed E-state index contributed by atoms with van der Waals surface area (Å²) in [6, 6.07) is 9.68. The van der Waals surface area contributed by atoms with Gasteiger partial charge in [-0.3, -0.25) is 9.59 Å². The first-order valence-corrected chi connectivity index (χ1v) is 10.4. The molecule has 2 aliphatic heterocycles. The van der Waals surface area contributed by atoms with Gasteiger partial charge in [0.2, 0.25) is 11.8 Å². The summed E-state index contributed by atoms with van der Waals surface area (Å²) in [5.74, 6) is -0.0872. The second kappa shape index (κ2) is 8.72. The SMILES string of the molecule is CC(NC(=O)C1CC(=O)N(c2cccc(C(F)(F)F)c2)C1)c1ccc2c(c1)OCCCO2. The maximum atomic E-state index is 13.0. The summed E-state index contributed by atoms with van der Waals surface area (Å²) in [4.78, 5) is 26.5. The zero-order valence-corrected chi connectivity index (χ0v) is 17.4. The molecule has 1 N–H and O–H groups in total. The molecular formula is C23H23F3N2O4. The van der Waals surface area contributed by atoms with E-state index in [-0.39, 0.29) is 36.5 Å². The van der Waals surface area contributed by atoms with Crippen molar-refractivity contribution in [3.05, 3.63) is 53.6 Å². The molecule has 4 rings (SSSR count). The Balaban J connectivity index is 1.42. The average Bonchev–Trinajstić information content (AvgIpc) is 3.00. The monoisotopic (exact) mass is 448 g/mol. The van der Waals surface area contributed by atoms with E-state index in [1.54, 1.807) is 6.07 Å². The van der Waals surface area contributed by atoms with Crippen molar-refractivity contribution >= 4 is 17.5 Å². The minimum atomic E-state index is -4.51. The van der Waals surface area contributed by atoms with Crippen molar-refractivity contribution in [2.45, 2.75) is 32.0 Å². The number of hydrogen-bond donors (Lipinski definition) is 1. The van der Waals surface area contributed by atoms with Gasteiger partial charge in [-0.1, -0.05) is 12.1 Å². The number of fused-ring (bicyclic) bond motifs is 1. The van der Waals surface area contributed by atoms with E-state index in [0.717, 1.165) is 24.1 Å². The van der Waals surface area contributed by atoms with E-state index in [0.29, 0.717) is 24.7 Å². The predicted molar refractivity (Wildman–Crippen MR) is 111 cm³/mol. The lowest BCUT2D eigenvalue weighted by Gasteiger charge is -2.20. The molecule has 2 amide bonds. The predicted octanol–water partition coefficient (Wildman–Crippen LogP) is 4.10. The van der Waals surface area contributed by atoms with Crippen molar-refractivity contribution in [2.24, 2.45) is 5.92 Å². The normalized spacial score (nSPS) is 19.4. The molecule has 2 aliphatic rings. The van der Waals surface area contributed by atoms with Gasteiger partial charge in [-0.25, -0.2) is 0 Å². The number of amides is 2. The molecule has 0 aromatic heterocycles. The van der Waals surface area contributed by atoms with Crippen LogP contribution >= 0.6 is 0 Å². The first-order chi connectivity index (χ1) is 15.2. The van der Waals surface area contributed by atoms with Gasteiger partial charge in [0.25, 0.3) is 0 Å². The number of nitrogens with zero attached hydrogens (tertiary/aromatic N) is 1. The van der Waals surface area contributed by atoms with Crippen molar-refractivity contribution in [3.63, 3.8) is 0 Å². The first kappa shape index (κ1) is 22.0. The summed E-state index contributed by atoms with van der Waals surface area (Å²) < 4.78 is 50.3. The van der Waals surface area contributed by atoms with Gasteiger partial charge in [-0.15, -0.1) is 0 Å². The second-order valence-electron chi connectivity index (χ2n) is 7.94. The van der Waals surface area contributed by atoms with Crippen LogP contribution in [0, 0.1) is 5.92 Å². The van der Waals surface area contributed by atoms with Gasteiger partial charge in [0.1, 0.15) is 0 Å². The second-order valence-corrected chi connectivity index (χ2v) is 7.94. The zero-order valence-electron chi connectivity index (χ0n) is 17.4. The first-order valence-electron chi connectivity index (χ1n) is 10.4. The van der Waals surface area contributed by atoms with E-state index < -0.39 is 17.7 Å². The fraction of sp³-hybridized carbons (Fsp3) is 0.391. The molecule has 9 heteroatoms. The van der Waals surface area contributed by atoms with E-state index in [9.17, 15) is 22.8 Å². The Kier molecular flexibility index (Phi) is 5.99. The Hall–Kier alpha value is -3.23. The molecule has 2 heterocycles. The number of anilines is 1. The molecule has 2 aromatic carbocycles. The van der Waals surface area contributed by atoms with E-state index in [1.807, 2.05) is 19.1 Å². The molecule has 0 spiro atoms. The molecule has 6 nitrogen and oxygen atoms in total. The number of rotatable bonds is 4.